The highest BCUT2D eigenvalue weighted by Crippen LogP contribution is 2.24. The van der Waals surface area contributed by atoms with Gasteiger partial charge >= 0.3 is 0 Å². The predicted molar refractivity (Wildman–Crippen MR) is 75.1 cm³/mol. The molecular formula is C15H21NO4. The van der Waals surface area contributed by atoms with Crippen LogP contribution >= 0.6 is 0 Å². The van der Waals surface area contributed by atoms with Gasteiger partial charge in [0.25, 0.3) is 0 Å². The molecule has 0 amide bonds. The first kappa shape index (κ1) is 14.8. The number of methoxy groups -OCH3 is 1. The van der Waals surface area contributed by atoms with E-state index in [9.17, 15) is 15.0 Å². The van der Waals surface area contributed by atoms with Gasteiger partial charge in [-0.2, -0.15) is 0 Å². The first-order valence-electron chi connectivity index (χ1n) is 6.86. The average Bonchev–Trinajstić information content (AvgIpc) is 2.41. The van der Waals surface area contributed by atoms with Crippen LogP contribution in [0.15, 0.2) is 18.2 Å². The molecule has 1 aromatic rings. The van der Waals surface area contributed by atoms with Crippen molar-refractivity contribution in [2.75, 3.05) is 33.4 Å². The largest absolute Gasteiger partial charge is 0.508 e. The van der Waals surface area contributed by atoms with Crippen LogP contribution in [0.1, 0.15) is 23.2 Å². The number of ketones is 1. The highest BCUT2D eigenvalue weighted by molar-refractivity contribution is 6.00. The number of hydrogen-bond donors (Lipinski definition) is 2. The molecule has 20 heavy (non-hydrogen) atoms. The van der Waals surface area contributed by atoms with E-state index in [4.69, 9.17) is 4.74 Å². The Bertz CT molecular complexity index is 467. The van der Waals surface area contributed by atoms with Crippen LogP contribution in [0.4, 0.5) is 0 Å². The van der Waals surface area contributed by atoms with Crippen molar-refractivity contribution in [3.05, 3.63) is 23.8 Å². The van der Waals surface area contributed by atoms with E-state index >= 15 is 0 Å². The van der Waals surface area contributed by atoms with E-state index in [-0.39, 0.29) is 22.8 Å². The summed E-state index contributed by atoms with van der Waals surface area (Å²) in [5.74, 6) is 0.254. The van der Waals surface area contributed by atoms with Crippen LogP contribution in [-0.4, -0.2) is 54.2 Å². The lowest BCUT2D eigenvalue weighted by Gasteiger charge is -2.31. The third kappa shape index (κ3) is 3.71. The van der Waals surface area contributed by atoms with E-state index in [1.807, 2.05) is 0 Å². The molecule has 1 aliphatic heterocycles. The molecule has 2 rings (SSSR count). The highest BCUT2D eigenvalue weighted by Gasteiger charge is 2.22. The minimum atomic E-state index is -0.163. The zero-order chi connectivity index (χ0) is 14.5. The maximum absolute atomic E-state index is 12.1. The van der Waals surface area contributed by atoms with Gasteiger partial charge in [0.2, 0.25) is 0 Å². The molecule has 1 heterocycles. The Morgan fingerprint density at radius 1 is 1.35 bits per heavy atom. The summed E-state index contributed by atoms with van der Waals surface area (Å²) in [6.45, 7) is 2.83. The molecule has 0 radical (unpaired) electrons. The van der Waals surface area contributed by atoms with Crippen molar-refractivity contribution in [1.29, 1.82) is 0 Å². The third-order valence-electron chi connectivity index (χ3n) is 3.76. The molecule has 1 aromatic carbocycles. The van der Waals surface area contributed by atoms with Crippen LogP contribution in [0, 0.1) is 5.92 Å². The number of rotatable bonds is 5. The second-order valence-electron chi connectivity index (χ2n) is 5.30. The highest BCUT2D eigenvalue weighted by atomic mass is 16.5. The van der Waals surface area contributed by atoms with Gasteiger partial charge in [-0.3, -0.25) is 9.69 Å². The Morgan fingerprint density at radius 2 is 2.05 bits per heavy atom. The number of benzene rings is 1. The summed E-state index contributed by atoms with van der Waals surface area (Å²) < 4.78 is 5.15. The fraction of sp³-hybridized carbons (Fsp3) is 0.533. The molecular weight excluding hydrogens is 258 g/mol. The summed E-state index contributed by atoms with van der Waals surface area (Å²) in [5, 5.41) is 18.9. The van der Waals surface area contributed by atoms with E-state index in [2.05, 4.69) is 4.90 Å². The van der Waals surface area contributed by atoms with Crippen molar-refractivity contribution < 1.29 is 19.7 Å². The van der Waals surface area contributed by atoms with E-state index in [0.29, 0.717) is 12.5 Å². The first-order valence-corrected chi connectivity index (χ1v) is 6.86. The van der Waals surface area contributed by atoms with Gasteiger partial charge < -0.3 is 14.9 Å². The van der Waals surface area contributed by atoms with Crippen molar-refractivity contribution in [1.82, 2.24) is 4.90 Å². The molecule has 0 bridgehead atoms. The number of piperidine rings is 1. The monoisotopic (exact) mass is 279 g/mol. The number of hydrogen-bond acceptors (Lipinski definition) is 5. The maximum atomic E-state index is 12.1. The van der Waals surface area contributed by atoms with E-state index in [0.717, 1.165) is 32.5 Å². The van der Waals surface area contributed by atoms with Gasteiger partial charge in [0.05, 0.1) is 12.1 Å². The number of ether oxygens (including phenoxy) is 1. The number of Topliss-reactive ketones (excluding diaryl/α,β-unsaturated/α-hetero) is 1. The number of nitrogens with zero attached hydrogens (tertiary/aromatic N) is 1. The zero-order valence-electron chi connectivity index (χ0n) is 11.7. The lowest BCUT2D eigenvalue weighted by molar-refractivity contribution is 0.0808. The quantitative estimate of drug-likeness (QED) is 0.802. The number of carbonyl (C=O) groups excluding carboxylic acids is 1. The number of aromatic hydroxyl groups is 2. The van der Waals surface area contributed by atoms with Gasteiger partial charge in [-0.05, 0) is 44.0 Å². The summed E-state index contributed by atoms with van der Waals surface area (Å²) in [4.78, 5) is 14.2. The van der Waals surface area contributed by atoms with Crippen LogP contribution in [0.2, 0.25) is 0 Å². The van der Waals surface area contributed by atoms with Crippen molar-refractivity contribution in [2.45, 2.75) is 12.8 Å². The fourth-order valence-electron chi connectivity index (χ4n) is 2.59. The SMILES string of the molecule is COCC1CCN(CC(=O)c2ccc(O)cc2O)CC1. The van der Waals surface area contributed by atoms with Crippen molar-refractivity contribution in [3.63, 3.8) is 0 Å². The van der Waals surface area contributed by atoms with Crippen LogP contribution in [-0.2, 0) is 4.74 Å². The number of carbonyl (C=O) groups is 1. The summed E-state index contributed by atoms with van der Waals surface area (Å²) in [6.07, 6.45) is 2.06. The minimum absolute atomic E-state index is 0.0422. The number of likely N-dealkylation sites (tertiary alicyclic amines) is 1. The van der Waals surface area contributed by atoms with Gasteiger partial charge in [0.15, 0.2) is 5.78 Å². The topological polar surface area (TPSA) is 70.0 Å². The Balaban J connectivity index is 1.89. The molecule has 1 aliphatic rings. The van der Waals surface area contributed by atoms with Crippen LogP contribution in [0.25, 0.3) is 0 Å². The molecule has 1 saturated heterocycles. The summed E-state index contributed by atoms with van der Waals surface area (Å²) in [5.41, 5.74) is 0.266. The Kier molecular flexibility index (Phi) is 4.98. The van der Waals surface area contributed by atoms with E-state index < -0.39 is 0 Å². The maximum Gasteiger partial charge on any atom is 0.180 e. The molecule has 0 aromatic heterocycles. The molecule has 0 aliphatic carbocycles. The third-order valence-corrected chi connectivity index (χ3v) is 3.76. The molecule has 5 nitrogen and oxygen atoms in total. The van der Waals surface area contributed by atoms with Crippen molar-refractivity contribution in [2.24, 2.45) is 5.92 Å². The number of phenolic OH excluding ortho intramolecular Hbond substituents is 2. The molecule has 5 heteroatoms. The Morgan fingerprint density at radius 3 is 2.65 bits per heavy atom. The average molecular weight is 279 g/mol. The summed E-state index contributed by atoms with van der Waals surface area (Å²) >= 11 is 0. The minimum Gasteiger partial charge on any atom is -0.508 e. The molecule has 110 valence electrons. The lowest BCUT2D eigenvalue weighted by atomic mass is 9.97. The van der Waals surface area contributed by atoms with Gasteiger partial charge in [-0.1, -0.05) is 0 Å². The normalized spacial score (nSPS) is 17.2. The van der Waals surface area contributed by atoms with Crippen molar-refractivity contribution in [3.8, 4) is 11.5 Å². The smallest absolute Gasteiger partial charge is 0.180 e. The molecule has 0 atom stereocenters. The molecule has 2 N–H and O–H groups in total. The Hall–Kier alpha value is -1.59. The summed E-state index contributed by atoms with van der Waals surface area (Å²) in [6, 6.07) is 4.07. The molecule has 0 spiro atoms. The summed E-state index contributed by atoms with van der Waals surface area (Å²) in [7, 11) is 1.71. The van der Waals surface area contributed by atoms with E-state index in [1.54, 1.807) is 7.11 Å². The molecule has 1 fully saturated rings. The van der Waals surface area contributed by atoms with Gasteiger partial charge in [-0.25, -0.2) is 0 Å². The first-order chi connectivity index (χ1) is 9.60. The van der Waals surface area contributed by atoms with Gasteiger partial charge in [0.1, 0.15) is 11.5 Å². The van der Waals surface area contributed by atoms with Crippen LogP contribution < -0.4 is 0 Å². The second-order valence-corrected chi connectivity index (χ2v) is 5.30. The predicted octanol–water partition coefficient (Wildman–Crippen LogP) is 1.64. The Labute approximate surface area is 118 Å². The number of phenols is 2. The fourth-order valence-corrected chi connectivity index (χ4v) is 2.59. The van der Waals surface area contributed by atoms with E-state index in [1.165, 1.54) is 18.2 Å². The zero-order valence-corrected chi connectivity index (χ0v) is 11.7. The standard InChI is InChI=1S/C15H21NO4/c1-20-10-11-4-6-16(7-5-11)9-15(19)13-3-2-12(17)8-14(13)18/h2-3,8,11,17-18H,4-7,9-10H2,1H3. The van der Waals surface area contributed by atoms with Crippen LogP contribution in [0.5, 0.6) is 11.5 Å². The lowest BCUT2D eigenvalue weighted by Crippen LogP contribution is -2.38. The second kappa shape index (κ2) is 6.72. The van der Waals surface area contributed by atoms with Gasteiger partial charge in [0, 0.05) is 19.8 Å². The van der Waals surface area contributed by atoms with Gasteiger partial charge in [-0.15, -0.1) is 0 Å². The van der Waals surface area contributed by atoms with Crippen LogP contribution in [0.3, 0.4) is 0 Å². The molecule has 0 saturated carbocycles. The van der Waals surface area contributed by atoms with Crippen molar-refractivity contribution >= 4 is 5.78 Å². The molecule has 0 unspecified atom stereocenters.